The van der Waals surface area contributed by atoms with Crippen LogP contribution in [0.1, 0.15) is 34.9 Å². The number of para-hydroxylation sites is 1. The molecular weight excluding hydrogens is 371 g/mol. The molecule has 6 nitrogen and oxygen atoms in total. The number of benzene rings is 2. The lowest BCUT2D eigenvalue weighted by atomic mass is 10.0. The summed E-state index contributed by atoms with van der Waals surface area (Å²) in [5, 5.41) is 10.7. The minimum Gasteiger partial charge on any atom is -0.376 e. The monoisotopic (exact) mass is 392 g/mol. The second-order valence-corrected chi connectivity index (χ2v) is 7.39. The highest BCUT2D eigenvalue weighted by Crippen LogP contribution is 2.37. The number of carbonyl (C=O) groups is 1. The minimum atomic E-state index is -0.402. The first-order valence-corrected chi connectivity index (χ1v) is 9.78. The highest BCUT2D eigenvalue weighted by molar-refractivity contribution is 6.01. The quantitative estimate of drug-likeness (QED) is 0.705. The highest BCUT2D eigenvalue weighted by atomic mass is 19.1. The van der Waals surface area contributed by atoms with Gasteiger partial charge in [-0.25, -0.2) is 4.39 Å². The Bertz CT molecular complexity index is 1030. The zero-order valence-corrected chi connectivity index (χ0v) is 15.8. The van der Waals surface area contributed by atoms with Gasteiger partial charge in [-0.05, 0) is 49.2 Å². The first-order valence-electron chi connectivity index (χ1n) is 9.78. The minimum absolute atomic E-state index is 0.0229. The molecule has 1 aromatic heterocycles. The second-order valence-electron chi connectivity index (χ2n) is 7.39. The number of carbonyl (C=O) groups excluding carboxylic acids is 1. The maximum absolute atomic E-state index is 13.4. The number of ether oxygens (including phenoxy) is 1. The predicted molar refractivity (Wildman–Crippen MR) is 107 cm³/mol. The SMILES string of the molecule is O=C1c2ccccc2NC(c2cn[nH]c2-c2ccc(F)cc2)N1CC1CCCO1. The van der Waals surface area contributed by atoms with E-state index >= 15 is 0 Å². The van der Waals surface area contributed by atoms with Crippen LogP contribution in [0.5, 0.6) is 0 Å². The van der Waals surface area contributed by atoms with Gasteiger partial charge in [-0.2, -0.15) is 5.10 Å². The number of aromatic nitrogens is 2. The zero-order chi connectivity index (χ0) is 19.8. The number of nitrogens with one attached hydrogen (secondary N) is 2. The van der Waals surface area contributed by atoms with Crippen molar-refractivity contribution in [1.29, 1.82) is 0 Å². The molecule has 1 amide bonds. The first kappa shape index (κ1) is 17.9. The summed E-state index contributed by atoms with van der Waals surface area (Å²) < 4.78 is 19.2. The van der Waals surface area contributed by atoms with Crippen molar-refractivity contribution in [3.05, 3.63) is 71.7 Å². The zero-order valence-electron chi connectivity index (χ0n) is 15.8. The number of rotatable bonds is 4. The van der Waals surface area contributed by atoms with Crippen LogP contribution < -0.4 is 5.32 Å². The molecule has 0 bridgehead atoms. The molecule has 3 heterocycles. The van der Waals surface area contributed by atoms with Gasteiger partial charge < -0.3 is 15.0 Å². The van der Waals surface area contributed by atoms with Crippen LogP contribution in [-0.2, 0) is 4.74 Å². The van der Waals surface area contributed by atoms with Crippen LogP contribution in [0.2, 0.25) is 0 Å². The normalized spacial score (nSPS) is 21.1. The number of fused-ring (bicyclic) bond motifs is 1. The van der Waals surface area contributed by atoms with E-state index in [1.807, 2.05) is 29.2 Å². The lowest BCUT2D eigenvalue weighted by molar-refractivity contribution is 0.0427. The molecule has 2 unspecified atom stereocenters. The number of hydrogen-bond donors (Lipinski definition) is 2. The van der Waals surface area contributed by atoms with E-state index in [1.165, 1.54) is 12.1 Å². The molecule has 2 aromatic carbocycles. The number of aromatic amines is 1. The van der Waals surface area contributed by atoms with E-state index in [0.717, 1.165) is 42.0 Å². The molecule has 0 saturated carbocycles. The molecule has 2 aliphatic rings. The summed E-state index contributed by atoms with van der Waals surface area (Å²) in [6.07, 6.45) is 3.29. The van der Waals surface area contributed by atoms with Crippen molar-refractivity contribution < 1.29 is 13.9 Å². The molecule has 3 aromatic rings. The lowest BCUT2D eigenvalue weighted by Crippen LogP contribution is -2.46. The van der Waals surface area contributed by atoms with E-state index in [4.69, 9.17) is 4.74 Å². The Hall–Kier alpha value is -3.19. The van der Waals surface area contributed by atoms with Crippen LogP contribution >= 0.6 is 0 Å². The van der Waals surface area contributed by atoms with E-state index in [1.54, 1.807) is 18.3 Å². The molecule has 2 aliphatic heterocycles. The molecule has 148 valence electrons. The van der Waals surface area contributed by atoms with Crippen LogP contribution in [0.3, 0.4) is 0 Å². The summed E-state index contributed by atoms with van der Waals surface area (Å²) in [5.74, 6) is -0.333. The average molecular weight is 392 g/mol. The molecule has 5 rings (SSSR count). The van der Waals surface area contributed by atoms with Crippen LogP contribution in [0, 0.1) is 5.82 Å². The molecule has 29 heavy (non-hydrogen) atoms. The predicted octanol–water partition coefficient (Wildman–Crippen LogP) is 3.96. The summed E-state index contributed by atoms with van der Waals surface area (Å²) in [4.78, 5) is 15.2. The summed E-state index contributed by atoms with van der Waals surface area (Å²) in [6, 6.07) is 13.7. The Morgan fingerprint density at radius 2 is 2.00 bits per heavy atom. The highest BCUT2D eigenvalue weighted by Gasteiger charge is 2.36. The maximum atomic E-state index is 13.4. The summed E-state index contributed by atoms with van der Waals surface area (Å²) in [7, 11) is 0. The molecule has 0 spiro atoms. The van der Waals surface area contributed by atoms with Gasteiger partial charge in [-0.15, -0.1) is 0 Å². The average Bonchev–Trinajstić information content (AvgIpc) is 3.43. The van der Waals surface area contributed by atoms with Crippen LogP contribution in [-0.4, -0.2) is 40.3 Å². The Balaban J connectivity index is 1.56. The summed E-state index contributed by atoms with van der Waals surface area (Å²) in [5.41, 5.74) is 3.83. The van der Waals surface area contributed by atoms with Crippen LogP contribution in [0.4, 0.5) is 10.1 Å². The third-order valence-corrected chi connectivity index (χ3v) is 5.54. The van der Waals surface area contributed by atoms with Crippen molar-refractivity contribution >= 4 is 11.6 Å². The fourth-order valence-corrected chi connectivity index (χ4v) is 4.08. The molecule has 0 aliphatic carbocycles. The Morgan fingerprint density at radius 1 is 1.17 bits per heavy atom. The van der Waals surface area contributed by atoms with E-state index in [9.17, 15) is 9.18 Å². The van der Waals surface area contributed by atoms with E-state index in [0.29, 0.717) is 12.1 Å². The summed E-state index contributed by atoms with van der Waals surface area (Å²) in [6.45, 7) is 1.23. The van der Waals surface area contributed by atoms with Crippen LogP contribution in [0.15, 0.2) is 54.7 Å². The van der Waals surface area contributed by atoms with Crippen molar-refractivity contribution in [2.45, 2.75) is 25.1 Å². The largest absolute Gasteiger partial charge is 0.376 e. The van der Waals surface area contributed by atoms with Crippen molar-refractivity contribution in [2.24, 2.45) is 0 Å². The van der Waals surface area contributed by atoms with Crippen molar-refractivity contribution in [3.8, 4) is 11.3 Å². The smallest absolute Gasteiger partial charge is 0.257 e. The van der Waals surface area contributed by atoms with Gasteiger partial charge >= 0.3 is 0 Å². The Labute approximate surface area is 167 Å². The van der Waals surface area contributed by atoms with Gasteiger partial charge in [0.05, 0.1) is 23.6 Å². The second kappa shape index (κ2) is 7.33. The van der Waals surface area contributed by atoms with Gasteiger partial charge in [-0.1, -0.05) is 12.1 Å². The molecule has 0 radical (unpaired) electrons. The molecule has 7 heteroatoms. The first-order chi connectivity index (χ1) is 14.2. The van der Waals surface area contributed by atoms with Gasteiger partial charge in [0, 0.05) is 30.0 Å². The molecule has 2 N–H and O–H groups in total. The van der Waals surface area contributed by atoms with Crippen molar-refractivity contribution in [1.82, 2.24) is 15.1 Å². The Kier molecular flexibility index (Phi) is 4.52. The van der Waals surface area contributed by atoms with E-state index in [2.05, 4.69) is 15.5 Å². The Morgan fingerprint density at radius 3 is 2.79 bits per heavy atom. The van der Waals surface area contributed by atoms with E-state index < -0.39 is 6.17 Å². The number of H-pyrrole nitrogens is 1. The van der Waals surface area contributed by atoms with Gasteiger partial charge in [0.2, 0.25) is 0 Å². The molecule has 1 saturated heterocycles. The molecular formula is C22H21FN4O2. The number of anilines is 1. The summed E-state index contributed by atoms with van der Waals surface area (Å²) >= 11 is 0. The lowest BCUT2D eigenvalue weighted by Gasteiger charge is -2.39. The van der Waals surface area contributed by atoms with Crippen LogP contribution in [0.25, 0.3) is 11.3 Å². The van der Waals surface area contributed by atoms with Crippen molar-refractivity contribution in [2.75, 3.05) is 18.5 Å². The number of halogens is 1. The van der Waals surface area contributed by atoms with E-state index in [-0.39, 0.29) is 17.8 Å². The maximum Gasteiger partial charge on any atom is 0.257 e. The molecule has 1 fully saturated rings. The number of amides is 1. The number of hydrogen-bond acceptors (Lipinski definition) is 4. The molecule has 2 atom stereocenters. The topological polar surface area (TPSA) is 70.2 Å². The fourth-order valence-electron chi connectivity index (χ4n) is 4.08. The van der Waals surface area contributed by atoms with Crippen molar-refractivity contribution in [3.63, 3.8) is 0 Å². The van der Waals surface area contributed by atoms with Gasteiger partial charge in [0.15, 0.2) is 0 Å². The number of nitrogens with zero attached hydrogens (tertiary/aromatic N) is 2. The third kappa shape index (κ3) is 3.27. The third-order valence-electron chi connectivity index (χ3n) is 5.54. The van der Waals surface area contributed by atoms with Gasteiger partial charge in [0.1, 0.15) is 12.0 Å². The van der Waals surface area contributed by atoms with Gasteiger partial charge in [-0.3, -0.25) is 9.89 Å². The fraction of sp³-hybridized carbons (Fsp3) is 0.273. The van der Waals surface area contributed by atoms with Gasteiger partial charge in [0.25, 0.3) is 5.91 Å². The standard InChI is InChI=1S/C22H21FN4O2/c23-15-9-7-14(8-10-15)20-18(12-24-26-20)21-25-19-6-2-1-5-17(19)22(28)27(21)13-16-4-3-11-29-16/h1-2,5-10,12,16,21,25H,3-4,11,13H2,(H,24,26).